The van der Waals surface area contributed by atoms with Gasteiger partial charge < -0.3 is 4.57 Å². The molecule has 0 bridgehead atoms. The van der Waals surface area contributed by atoms with Crippen LogP contribution >= 0.6 is 7.14 Å². The maximum atomic E-state index is 12.2. The van der Waals surface area contributed by atoms with Crippen molar-refractivity contribution in [2.45, 2.75) is 32.1 Å². The molecule has 1 nitrogen and oxygen atoms in total. The van der Waals surface area contributed by atoms with E-state index < -0.39 is 7.14 Å². The lowest BCUT2D eigenvalue weighted by molar-refractivity contribution is 0.469. The fourth-order valence-electron chi connectivity index (χ4n) is 2.19. The van der Waals surface area contributed by atoms with Crippen molar-refractivity contribution in [1.82, 2.24) is 0 Å². The van der Waals surface area contributed by atoms with E-state index in [0.29, 0.717) is 11.6 Å². The molecule has 0 aromatic carbocycles. The first kappa shape index (κ1) is 9.87. The molecule has 0 aromatic rings. The third kappa shape index (κ3) is 1.14. The van der Waals surface area contributed by atoms with Crippen LogP contribution in [0.1, 0.15) is 20.8 Å². The van der Waals surface area contributed by atoms with Crippen molar-refractivity contribution in [1.29, 1.82) is 0 Å². The summed E-state index contributed by atoms with van der Waals surface area (Å²) in [5, 5.41) is 0. The van der Waals surface area contributed by atoms with Gasteiger partial charge >= 0.3 is 0 Å². The van der Waals surface area contributed by atoms with Crippen LogP contribution in [0.2, 0.25) is 0 Å². The summed E-state index contributed by atoms with van der Waals surface area (Å²) < 4.78 is 12.2. The Morgan fingerprint density at radius 3 is 1.92 bits per heavy atom. The van der Waals surface area contributed by atoms with Crippen LogP contribution in [0.3, 0.4) is 0 Å². The topological polar surface area (TPSA) is 17.1 Å². The van der Waals surface area contributed by atoms with Crippen molar-refractivity contribution >= 4 is 7.14 Å². The maximum absolute atomic E-state index is 12.2. The summed E-state index contributed by atoms with van der Waals surface area (Å²) in [4.78, 5) is 0. The summed E-state index contributed by atoms with van der Waals surface area (Å²) in [7, 11) is -2.00. The highest BCUT2D eigenvalue weighted by atomic mass is 31.2. The molecule has 5 unspecified atom stereocenters. The first-order chi connectivity index (χ1) is 5.42. The molecule has 5 atom stereocenters. The fraction of sp³-hybridized carbons (Fsp3) is 0.800. The maximum Gasteiger partial charge on any atom is 0.0916 e. The molecular formula is C10H17OP. The molecule has 68 valence electrons. The van der Waals surface area contributed by atoms with Gasteiger partial charge in [0, 0.05) is 17.2 Å². The normalized spacial score (nSPS) is 53.6. The Kier molecular flexibility index (Phi) is 2.41. The van der Waals surface area contributed by atoms with Crippen molar-refractivity contribution in [3.8, 4) is 12.3 Å². The molecular weight excluding hydrogens is 167 g/mol. The fourth-order valence-corrected chi connectivity index (χ4v) is 5.04. The molecule has 1 fully saturated rings. The Labute approximate surface area is 75.3 Å². The lowest BCUT2D eigenvalue weighted by atomic mass is 9.91. The van der Waals surface area contributed by atoms with Crippen molar-refractivity contribution in [2.75, 3.05) is 6.66 Å². The Hall–Kier alpha value is -0.210. The summed E-state index contributed by atoms with van der Waals surface area (Å²) in [6.07, 6.45) is 5.43. The van der Waals surface area contributed by atoms with Gasteiger partial charge in [-0.05, 0) is 12.6 Å². The van der Waals surface area contributed by atoms with E-state index in [2.05, 4.69) is 19.8 Å². The second kappa shape index (κ2) is 2.93. The van der Waals surface area contributed by atoms with Gasteiger partial charge in [-0.15, -0.1) is 12.3 Å². The van der Waals surface area contributed by atoms with E-state index >= 15 is 0 Å². The van der Waals surface area contributed by atoms with Crippen LogP contribution in [0.4, 0.5) is 0 Å². The van der Waals surface area contributed by atoms with Crippen molar-refractivity contribution in [3.63, 3.8) is 0 Å². The Morgan fingerprint density at radius 2 is 1.75 bits per heavy atom. The molecule has 0 spiro atoms. The predicted molar refractivity (Wildman–Crippen MR) is 53.9 cm³/mol. The minimum absolute atomic E-state index is 0.215. The van der Waals surface area contributed by atoms with E-state index in [4.69, 9.17) is 6.42 Å². The van der Waals surface area contributed by atoms with Gasteiger partial charge in [-0.2, -0.15) is 0 Å². The molecule has 0 amide bonds. The number of hydrogen-bond acceptors (Lipinski definition) is 1. The molecule has 1 rings (SSSR count). The van der Waals surface area contributed by atoms with Crippen LogP contribution in [0.15, 0.2) is 0 Å². The smallest absolute Gasteiger partial charge is 0.0916 e. The average molecular weight is 184 g/mol. The molecule has 12 heavy (non-hydrogen) atoms. The Bertz CT molecular complexity index is 264. The van der Waals surface area contributed by atoms with Gasteiger partial charge in [0.1, 0.15) is 0 Å². The van der Waals surface area contributed by atoms with Gasteiger partial charge in [0.25, 0.3) is 0 Å². The molecule has 0 radical (unpaired) electrons. The SMILES string of the molecule is C#CC1C(C)C(C)P(C)(=O)C1C. The van der Waals surface area contributed by atoms with Crippen molar-refractivity contribution in [2.24, 2.45) is 11.8 Å². The molecule has 1 heterocycles. The summed E-state index contributed by atoms with van der Waals surface area (Å²) in [5.41, 5.74) is 0.515. The quantitative estimate of drug-likeness (QED) is 0.418. The average Bonchev–Trinajstić information content (AvgIpc) is 2.15. The van der Waals surface area contributed by atoms with Crippen molar-refractivity contribution < 1.29 is 4.57 Å². The van der Waals surface area contributed by atoms with Crippen LogP contribution in [-0.2, 0) is 4.57 Å². The zero-order valence-corrected chi connectivity index (χ0v) is 9.14. The lowest BCUT2D eigenvalue weighted by Crippen LogP contribution is -2.14. The molecule has 0 saturated carbocycles. The molecule has 0 N–H and O–H groups in total. The molecule has 2 heteroatoms. The van der Waals surface area contributed by atoms with Crippen LogP contribution < -0.4 is 0 Å². The van der Waals surface area contributed by atoms with E-state index in [1.54, 1.807) is 0 Å². The van der Waals surface area contributed by atoms with Gasteiger partial charge in [0.05, 0.1) is 7.14 Å². The van der Waals surface area contributed by atoms with Gasteiger partial charge in [-0.25, -0.2) is 0 Å². The van der Waals surface area contributed by atoms with E-state index in [-0.39, 0.29) is 11.6 Å². The van der Waals surface area contributed by atoms with Crippen molar-refractivity contribution in [3.05, 3.63) is 0 Å². The number of rotatable bonds is 0. The highest BCUT2D eigenvalue weighted by Crippen LogP contribution is 2.64. The third-order valence-electron chi connectivity index (χ3n) is 3.66. The summed E-state index contributed by atoms with van der Waals surface area (Å²) in [5.74, 6) is 3.41. The standard InChI is InChI=1S/C10H17OP/c1-6-10-7(2)8(3)12(5,11)9(10)4/h1,7-10H,2-5H3. The first-order valence-corrected chi connectivity index (χ1v) is 6.75. The minimum atomic E-state index is -2.00. The first-order valence-electron chi connectivity index (χ1n) is 4.46. The van der Waals surface area contributed by atoms with Gasteiger partial charge in [0.15, 0.2) is 0 Å². The lowest BCUT2D eigenvalue weighted by Gasteiger charge is -2.16. The summed E-state index contributed by atoms with van der Waals surface area (Å²) in [6, 6.07) is 0. The molecule has 0 aliphatic carbocycles. The largest absolute Gasteiger partial charge is 0.323 e. The van der Waals surface area contributed by atoms with E-state index in [9.17, 15) is 4.57 Å². The van der Waals surface area contributed by atoms with E-state index in [1.807, 2.05) is 13.6 Å². The van der Waals surface area contributed by atoms with E-state index in [0.717, 1.165) is 0 Å². The molecule has 0 aromatic heterocycles. The highest BCUT2D eigenvalue weighted by Gasteiger charge is 2.48. The Morgan fingerprint density at radius 1 is 1.25 bits per heavy atom. The zero-order valence-electron chi connectivity index (χ0n) is 8.24. The third-order valence-corrected chi connectivity index (χ3v) is 7.68. The second-order valence-corrected chi connectivity index (χ2v) is 7.84. The summed E-state index contributed by atoms with van der Waals surface area (Å²) in [6.45, 7) is 8.12. The van der Waals surface area contributed by atoms with Crippen LogP contribution in [0.25, 0.3) is 0 Å². The number of hydrogen-bond donors (Lipinski definition) is 0. The highest BCUT2D eigenvalue weighted by molar-refractivity contribution is 7.65. The van der Waals surface area contributed by atoms with Crippen LogP contribution in [-0.4, -0.2) is 18.0 Å². The van der Waals surface area contributed by atoms with Gasteiger partial charge in [0.2, 0.25) is 0 Å². The molecule has 1 aliphatic heterocycles. The monoisotopic (exact) mass is 184 g/mol. The predicted octanol–water partition coefficient (Wildman–Crippen LogP) is 2.66. The van der Waals surface area contributed by atoms with Gasteiger partial charge in [-0.3, -0.25) is 0 Å². The van der Waals surface area contributed by atoms with Gasteiger partial charge in [-0.1, -0.05) is 20.8 Å². The molecule has 1 aliphatic rings. The van der Waals surface area contributed by atoms with Crippen LogP contribution in [0, 0.1) is 24.2 Å². The van der Waals surface area contributed by atoms with E-state index in [1.165, 1.54) is 0 Å². The number of terminal acetylenes is 1. The van der Waals surface area contributed by atoms with Crippen LogP contribution in [0.5, 0.6) is 0 Å². The summed E-state index contributed by atoms with van der Waals surface area (Å²) >= 11 is 0. The zero-order chi connectivity index (χ0) is 9.52. The Balaban J connectivity index is 3.04. The molecule has 1 saturated heterocycles. The minimum Gasteiger partial charge on any atom is -0.323 e. The second-order valence-electron chi connectivity index (χ2n) is 4.09.